The maximum Gasteiger partial charge on any atom is 0.327 e. The fourth-order valence-electron chi connectivity index (χ4n) is 1.19. The van der Waals surface area contributed by atoms with E-state index in [1.165, 1.54) is 4.68 Å². The summed E-state index contributed by atoms with van der Waals surface area (Å²) in [4.78, 5) is 11.2. The van der Waals surface area contributed by atoms with Crippen molar-refractivity contribution in [2.45, 2.75) is 20.4 Å². The second-order valence-corrected chi connectivity index (χ2v) is 3.19. The largest absolute Gasteiger partial charge is 0.462 e. The van der Waals surface area contributed by atoms with Crippen molar-refractivity contribution in [1.82, 2.24) is 9.78 Å². The Bertz CT molecular complexity index is 360. The number of rotatable bonds is 4. The third-order valence-electron chi connectivity index (χ3n) is 2.07. The molecule has 0 aliphatic heterocycles. The van der Waals surface area contributed by atoms with Gasteiger partial charge in [0, 0.05) is 0 Å². The Kier molecular flexibility index (Phi) is 3.68. The van der Waals surface area contributed by atoms with Crippen LogP contribution < -0.4 is 5.73 Å². The van der Waals surface area contributed by atoms with Gasteiger partial charge in [0.25, 0.3) is 0 Å². The van der Waals surface area contributed by atoms with Crippen LogP contribution in [0.15, 0.2) is 0 Å². The number of aliphatic hydroxyl groups excluding tert-OH is 1. The van der Waals surface area contributed by atoms with Crippen molar-refractivity contribution in [3.05, 3.63) is 11.4 Å². The number of hydrogen-bond acceptors (Lipinski definition) is 5. The number of nitrogen functional groups attached to an aromatic ring is 1. The molecule has 6 nitrogen and oxygen atoms in total. The molecule has 1 rings (SSSR count). The van der Waals surface area contributed by atoms with E-state index in [0.29, 0.717) is 11.4 Å². The number of carbonyl (C=O) groups is 1. The predicted molar refractivity (Wildman–Crippen MR) is 54.2 cm³/mol. The molecule has 1 heterocycles. The topological polar surface area (TPSA) is 90.4 Å². The highest BCUT2D eigenvalue weighted by molar-refractivity contribution is 5.69. The second-order valence-electron chi connectivity index (χ2n) is 3.19. The first kappa shape index (κ1) is 11.5. The molecule has 0 radical (unpaired) electrons. The molecule has 0 aliphatic rings. The summed E-state index contributed by atoms with van der Waals surface area (Å²) >= 11 is 0. The summed E-state index contributed by atoms with van der Waals surface area (Å²) < 4.78 is 6.20. The second kappa shape index (κ2) is 4.79. The molecule has 0 atom stereocenters. The highest BCUT2D eigenvalue weighted by Gasteiger charge is 2.11. The molecule has 15 heavy (non-hydrogen) atoms. The van der Waals surface area contributed by atoms with Crippen molar-refractivity contribution in [2.24, 2.45) is 0 Å². The van der Waals surface area contributed by atoms with Crippen molar-refractivity contribution >= 4 is 11.7 Å². The maximum atomic E-state index is 11.2. The van der Waals surface area contributed by atoms with Gasteiger partial charge in [0.05, 0.1) is 23.7 Å². The zero-order chi connectivity index (χ0) is 11.4. The summed E-state index contributed by atoms with van der Waals surface area (Å²) in [5.41, 5.74) is 7.73. The number of aromatic nitrogens is 2. The summed E-state index contributed by atoms with van der Waals surface area (Å²) in [6.07, 6.45) is 0. The molecular weight excluding hydrogens is 198 g/mol. The lowest BCUT2D eigenvalue weighted by molar-refractivity contribution is -0.145. The number of aliphatic hydroxyl groups is 1. The molecule has 84 valence electrons. The lowest BCUT2D eigenvalue weighted by atomic mass is 10.3. The van der Waals surface area contributed by atoms with E-state index in [2.05, 4.69) is 5.10 Å². The van der Waals surface area contributed by atoms with Gasteiger partial charge in [-0.25, -0.2) is 0 Å². The summed E-state index contributed by atoms with van der Waals surface area (Å²) in [7, 11) is 0. The van der Waals surface area contributed by atoms with Crippen LogP contribution in [0.5, 0.6) is 0 Å². The number of nitrogens with zero attached hydrogens (tertiary/aromatic N) is 2. The van der Waals surface area contributed by atoms with Crippen molar-refractivity contribution in [3.8, 4) is 0 Å². The normalized spacial score (nSPS) is 10.3. The molecule has 0 aliphatic carbocycles. The van der Waals surface area contributed by atoms with Gasteiger partial charge in [-0.15, -0.1) is 0 Å². The molecule has 0 saturated carbocycles. The van der Waals surface area contributed by atoms with Gasteiger partial charge in [-0.05, 0) is 13.8 Å². The smallest absolute Gasteiger partial charge is 0.327 e. The lowest BCUT2D eigenvalue weighted by Crippen LogP contribution is -2.17. The Morgan fingerprint density at radius 1 is 1.60 bits per heavy atom. The van der Waals surface area contributed by atoms with Crippen LogP contribution in [0.3, 0.4) is 0 Å². The van der Waals surface area contributed by atoms with Crippen LogP contribution >= 0.6 is 0 Å². The van der Waals surface area contributed by atoms with Gasteiger partial charge >= 0.3 is 5.97 Å². The Morgan fingerprint density at radius 2 is 2.27 bits per heavy atom. The van der Waals surface area contributed by atoms with Gasteiger partial charge in [-0.2, -0.15) is 5.10 Å². The lowest BCUT2D eigenvalue weighted by Gasteiger charge is -2.04. The van der Waals surface area contributed by atoms with E-state index in [1.54, 1.807) is 13.8 Å². The van der Waals surface area contributed by atoms with E-state index < -0.39 is 5.97 Å². The predicted octanol–water partition coefficient (Wildman–Crippen LogP) is -0.382. The van der Waals surface area contributed by atoms with E-state index in [9.17, 15) is 4.79 Å². The fraction of sp³-hybridized carbons (Fsp3) is 0.556. The average Bonchev–Trinajstić information content (AvgIpc) is 2.43. The number of esters is 1. The van der Waals surface area contributed by atoms with Gasteiger partial charge in [-0.1, -0.05) is 0 Å². The summed E-state index contributed by atoms with van der Waals surface area (Å²) in [6.45, 7) is 3.41. The van der Waals surface area contributed by atoms with Gasteiger partial charge in [0.15, 0.2) is 0 Å². The number of carbonyl (C=O) groups excluding carboxylic acids is 1. The van der Waals surface area contributed by atoms with E-state index in [1.807, 2.05) is 0 Å². The van der Waals surface area contributed by atoms with Crippen molar-refractivity contribution in [3.63, 3.8) is 0 Å². The zero-order valence-corrected chi connectivity index (χ0v) is 8.86. The number of nitrogens with two attached hydrogens (primary N) is 1. The molecule has 0 spiro atoms. The molecule has 0 aromatic carbocycles. The minimum Gasteiger partial charge on any atom is -0.462 e. The van der Waals surface area contributed by atoms with E-state index in [4.69, 9.17) is 15.6 Å². The van der Waals surface area contributed by atoms with E-state index in [0.717, 1.165) is 5.69 Å². The number of ether oxygens (including phenoxy) is 1. The standard InChI is InChI=1S/C9H15N3O3/c1-6-9(10)7(2)12(11-6)5-8(14)15-4-3-13/h13H,3-5,10H2,1-2H3. The molecule has 3 N–H and O–H groups in total. The Labute approximate surface area is 87.6 Å². The molecule has 1 aromatic rings. The number of hydrogen-bond donors (Lipinski definition) is 2. The summed E-state index contributed by atoms with van der Waals surface area (Å²) in [6, 6.07) is 0. The molecule has 0 amide bonds. The third kappa shape index (κ3) is 2.69. The third-order valence-corrected chi connectivity index (χ3v) is 2.07. The minimum atomic E-state index is -0.436. The first-order valence-electron chi connectivity index (χ1n) is 4.62. The van der Waals surface area contributed by atoms with Gasteiger partial charge in [0.1, 0.15) is 13.2 Å². The Balaban J connectivity index is 2.64. The summed E-state index contributed by atoms with van der Waals surface area (Å²) in [5.74, 6) is -0.436. The van der Waals surface area contributed by atoms with Crippen molar-refractivity contribution in [2.75, 3.05) is 18.9 Å². The van der Waals surface area contributed by atoms with Crippen LogP contribution in [0.25, 0.3) is 0 Å². The fourth-order valence-corrected chi connectivity index (χ4v) is 1.19. The molecule has 0 fully saturated rings. The summed E-state index contributed by atoms with van der Waals surface area (Å²) in [5, 5.41) is 12.6. The van der Waals surface area contributed by atoms with Crippen molar-refractivity contribution in [1.29, 1.82) is 0 Å². The van der Waals surface area contributed by atoms with E-state index >= 15 is 0 Å². The Hall–Kier alpha value is -1.56. The molecular formula is C9H15N3O3. The van der Waals surface area contributed by atoms with E-state index in [-0.39, 0.29) is 19.8 Å². The van der Waals surface area contributed by atoms with Crippen LogP contribution in [0.4, 0.5) is 5.69 Å². The van der Waals surface area contributed by atoms with Crippen LogP contribution in [-0.2, 0) is 16.1 Å². The SMILES string of the molecule is Cc1nn(CC(=O)OCCO)c(C)c1N. The highest BCUT2D eigenvalue weighted by atomic mass is 16.5. The highest BCUT2D eigenvalue weighted by Crippen LogP contribution is 2.14. The number of aryl methyl sites for hydroxylation is 1. The molecule has 6 heteroatoms. The molecule has 0 saturated heterocycles. The van der Waals surface area contributed by atoms with Gasteiger partial charge in [0.2, 0.25) is 0 Å². The van der Waals surface area contributed by atoms with Gasteiger partial charge < -0.3 is 15.6 Å². The molecule has 1 aromatic heterocycles. The monoisotopic (exact) mass is 213 g/mol. The van der Waals surface area contributed by atoms with Crippen LogP contribution in [0.1, 0.15) is 11.4 Å². The van der Waals surface area contributed by atoms with Gasteiger partial charge in [-0.3, -0.25) is 9.48 Å². The van der Waals surface area contributed by atoms with Crippen molar-refractivity contribution < 1.29 is 14.6 Å². The average molecular weight is 213 g/mol. The first-order chi connectivity index (χ1) is 7.06. The van der Waals surface area contributed by atoms with Crippen LogP contribution in [0.2, 0.25) is 0 Å². The van der Waals surface area contributed by atoms with Crippen LogP contribution in [0, 0.1) is 13.8 Å². The molecule has 0 bridgehead atoms. The zero-order valence-electron chi connectivity index (χ0n) is 8.86. The first-order valence-corrected chi connectivity index (χ1v) is 4.62. The Morgan fingerprint density at radius 3 is 2.73 bits per heavy atom. The maximum absolute atomic E-state index is 11.2. The van der Waals surface area contributed by atoms with Crippen LogP contribution in [-0.4, -0.2) is 34.1 Å². The quantitative estimate of drug-likeness (QED) is 0.665. The number of anilines is 1. The minimum absolute atomic E-state index is 0.00755. The molecule has 0 unspecified atom stereocenters.